The van der Waals surface area contributed by atoms with Gasteiger partial charge in [0.05, 0.1) is 17.5 Å². The fraction of sp³-hybridized carbons (Fsp3) is 0.667. The van der Waals surface area contributed by atoms with E-state index in [4.69, 9.17) is 17.3 Å². The predicted octanol–water partition coefficient (Wildman–Crippen LogP) is 2.31. The minimum Gasteiger partial charge on any atom is -0.507 e. The number of phenols is 1. The van der Waals surface area contributed by atoms with Gasteiger partial charge in [-0.1, -0.05) is 30.9 Å². The van der Waals surface area contributed by atoms with Gasteiger partial charge in [0.25, 0.3) is 0 Å². The van der Waals surface area contributed by atoms with Gasteiger partial charge in [-0.2, -0.15) is 0 Å². The number of nitrogens with two attached hydrogens (primary N) is 1. The zero-order valence-electron chi connectivity index (χ0n) is 25.4. The molecule has 0 spiro atoms. The lowest BCUT2D eigenvalue weighted by Crippen LogP contribution is -2.74. The number of amides is 1. The van der Waals surface area contributed by atoms with Crippen molar-refractivity contribution in [2.24, 2.45) is 41.2 Å². The van der Waals surface area contributed by atoms with Crippen LogP contribution in [0.3, 0.4) is 0 Å². The molecule has 238 valence electrons. The number of likely N-dealkylation sites (N-methyl/N-ethyl adjacent to an activating group) is 1. The summed E-state index contributed by atoms with van der Waals surface area (Å²) < 4.78 is 0. The second-order valence-corrected chi connectivity index (χ2v) is 14.5. The van der Waals surface area contributed by atoms with Gasteiger partial charge in [0.2, 0.25) is 5.91 Å². The molecule has 10 nitrogen and oxygen atoms in total. The van der Waals surface area contributed by atoms with E-state index in [0.717, 1.165) is 18.7 Å². The number of fused-ring (bicyclic) bond motifs is 3. The number of phenolic OH excluding ortho intramolecular Hbond substituents is 1. The number of carbonyl (C=O) groups is 5. The van der Waals surface area contributed by atoms with Gasteiger partial charge in [-0.15, -0.1) is 0 Å². The summed E-state index contributed by atoms with van der Waals surface area (Å²) in [5, 5.41) is 23.3. The number of aliphatic hydroxyl groups is 1. The highest BCUT2D eigenvalue weighted by atomic mass is 35.5. The molecule has 0 saturated heterocycles. The Hall–Kier alpha value is -2.66. The Morgan fingerprint density at radius 3 is 2.25 bits per heavy atom. The Morgan fingerprint density at radius 1 is 1.02 bits per heavy atom. The van der Waals surface area contributed by atoms with E-state index in [1.165, 1.54) is 55.9 Å². The van der Waals surface area contributed by atoms with Crippen molar-refractivity contribution in [3.05, 3.63) is 27.8 Å². The molecule has 44 heavy (non-hydrogen) atoms. The molecular weight excluding hydrogens is 586 g/mol. The van der Waals surface area contributed by atoms with Crippen LogP contribution in [0.1, 0.15) is 72.9 Å². The van der Waals surface area contributed by atoms with Crippen molar-refractivity contribution in [1.82, 2.24) is 9.80 Å². The second kappa shape index (κ2) is 11.6. The molecule has 4 N–H and O–H groups in total. The number of carbonyl (C=O) groups excluding carboxylic acids is 5. The number of hydrogen-bond acceptors (Lipinski definition) is 9. The number of aromatic hydroxyl groups is 1. The van der Waals surface area contributed by atoms with Crippen LogP contribution in [0, 0.1) is 35.5 Å². The van der Waals surface area contributed by atoms with Gasteiger partial charge in [-0.25, -0.2) is 0 Å². The number of nitrogens with zero attached hydrogens (tertiary/aromatic N) is 2. The third-order valence-electron chi connectivity index (χ3n) is 10.9. The fourth-order valence-corrected chi connectivity index (χ4v) is 8.95. The van der Waals surface area contributed by atoms with Gasteiger partial charge < -0.3 is 15.9 Å². The third-order valence-corrected chi connectivity index (χ3v) is 11.4. The van der Waals surface area contributed by atoms with Gasteiger partial charge in [-0.3, -0.25) is 33.8 Å². The lowest BCUT2D eigenvalue weighted by Gasteiger charge is -2.52. The zero-order chi connectivity index (χ0) is 31.7. The van der Waals surface area contributed by atoms with E-state index in [9.17, 15) is 34.2 Å². The van der Waals surface area contributed by atoms with E-state index >= 15 is 0 Å². The van der Waals surface area contributed by atoms with Crippen LogP contribution in [-0.4, -0.2) is 87.9 Å². The predicted molar refractivity (Wildman–Crippen MR) is 161 cm³/mol. The van der Waals surface area contributed by atoms with Crippen molar-refractivity contribution in [2.75, 3.05) is 27.2 Å². The minimum absolute atomic E-state index is 0.000693. The number of primary amides is 1. The van der Waals surface area contributed by atoms with Crippen molar-refractivity contribution < 1.29 is 34.2 Å². The molecule has 1 amide bonds. The van der Waals surface area contributed by atoms with Crippen LogP contribution < -0.4 is 5.73 Å². The Kier molecular flexibility index (Phi) is 8.26. The first-order valence-corrected chi connectivity index (χ1v) is 16.3. The first kappa shape index (κ1) is 31.3. The quantitative estimate of drug-likeness (QED) is 0.368. The molecular formula is C33H42ClN3O7. The Labute approximate surface area is 262 Å². The molecule has 6 rings (SSSR count). The molecule has 6 atom stereocenters. The molecule has 5 aliphatic rings. The molecule has 0 aliphatic heterocycles. The number of benzene rings is 1. The van der Waals surface area contributed by atoms with Crippen LogP contribution in [0.25, 0.3) is 0 Å². The summed E-state index contributed by atoms with van der Waals surface area (Å²) >= 11 is 7.02. The maximum absolute atomic E-state index is 14.0. The van der Waals surface area contributed by atoms with Gasteiger partial charge in [0.1, 0.15) is 5.75 Å². The molecule has 5 aliphatic carbocycles. The second-order valence-electron chi connectivity index (χ2n) is 14.2. The van der Waals surface area contributed by atoms with Crippen molar-refractivity contribution in [3.63, 3.8) is 0 Å². The summed E-state index contributed by atoms with van der Waals surface area (Å²) in [7, 11) is 3.13. The third kappa shape index (κ3) is 5.11. The molecule has 4 saturated carbocycles. The van der Waals surface area contributed by atoms with Crippen LogP contribution in [0.5, 0.6) is 5.75 Å². The monoisotopic (exact) mass is 627 g/mol. The first-order valence-electron chi connectivity index (χ1n) is 15.9. The summed E-state index contributed by atoms with van der Waals surface area (Å²) in [5.41, 5.74) is 3.77. The molecule has 0 aromatic heterocycles. The van der Waals surface area contributed by atoms with Crippen molar-refractivity contribution in [1.29, 1.82) is 0 Å². The Morgan fingerprint density at radius 2 is 1.66 bits per heavy atom. The Balaban J connectivity index is 1.34. The van der Waals surface area contributed by atoms with Gasteiger partial charge >= 0.3 is 0 Å². The first-order chi connectivity index (χ1) is 20.8. The fourth-order valence-electron chi connectivity index (χ4n) is 8.67. The van der Waals surface area contributed by atoms with E-state index in [0.29, 0.717) is 29.0 Å². The highest BCUT2D eigenvalue weighted by molar-refractivity contribution is 6.34. The van der Waals surface area contributed by atoms with E-state index in [1.54, 1.807) is 14.1 Å². The topological polar surface area (TPSA) is 158 Å². The normalized spacial score (nSPS) is 32.5. The number of halogens is 1. The number of rotatable bonds is 8. The van der Waals surface area contributed by atoms with Crippen LogP contribution >= 0.6 is 11.6 Å². The van der Waals surface area contributed by atoms with Gasteiger partial charge in [0.15, 0.2) is 34.7 Å². The summed E-state index contributed by atoms with van der Waals surface area (Å²) in [6.45, 7) is 2.46. The zero-order valence-corrected chi connectivity index (χ0v) is 26.1. The molecule has 2 unspecified atom stereocenters. The van der Waals surface area contributed by atoms with E-state index in [2.05, 4.69) is 4.90 Å². The van der Waals surface area contributed by atoms with Crippen LogP contribution in [0.4, 0.5) is 0 Å². The number of hydrogen-bond donors (Lipinski definition) is 3. The smallest absolute Gasteiger partial charge is 0.235 e. The summed E-state index contributed by atoms with van der Waals surface area (Å²) in [4.78, 5) is 70.8. The molecule has 11 heteroatoms. The molecule has 1 aromatic rings. The largest absolute Gasteiger partial charge is 0.507 e. The Bertz CT molecular complexity index is 1420. The standard InChI is InChI=1S/C33H42ClN3O7/c1-36(2)27-21-11-18-10-20-24(28(39)23(18)30(41)33(21,44)31(42)25(29(27)40)32(35)43)22(38)12-19(26(20)34)15-37(14-17-8-9-17)13-16-6-4-3-5-7-16/h12,16-18,21,23,25,27,38,44H,3-11,13-15H2,1-2H3,(H2,35,43)/t18-,21-,23?,25?,27-,33-/m0/s1. The summed E-state index contributed by atoms with van der Waals surface area (Å²) in [6.07, 6.45) is 8.78. The highest BCUT2D eigenvalue weighted by Crippen LogP contribution is 2.52. The maximum atomic E-state index is 14.0. The van der Waals surface area contributed by atoms with Crippen LogP contribution in [-0.2, 0) is 32.1 Å². The number of ketones is 4. The SMILES string of the molecule is CN(C)[C@@H]1C(=O)C(C(N)=O)C(=O)[C@@]2(O)C(=O)C3C(=O)c4c(O)cc(CN(CC5CCCCC5)CC5CC5)c(Cl)c4C[C@H]3C[C@@H]12. The molecule has 0 radical (unpaired) electrons. The van der Waals surface area contributed by atoms with Gasteiger partial charge in [-0.05, 0) is 87.6 Å². The average molecular weight is 628 g/mol. The van der Waals surface area contributed by atoms with E-state index in [-0.39, 0.29) is 24.2 Å². The van der Waals surface area contributed by atoms with Crippen LogP contribution in [0.2, 0.25) is 5.02 Å². The summed E-state index contributed by atoms with van der Waals surface area (Å²) in [5.74, 6) is -9.27. The van der Waals surface area contributed by atoms with Crippen molar-refractivity contribution in [3.8, 4) is 5.75 Å². The number of Topliss-reactive ketones (excluding diaryl/α,β-unsaturated/α-hetero) is 4. The van der Waals surface area contributed by atoms with Crippen LogP contribution in [0.15, 0.2) is 6.07 Å². The minimum atomic E-state index is -2.74. The summed E-state index contributed by atoms with van der Waals surface area (Å²) in [6, 6.07) is 0.378. The molecule has 0 heterocycles. The molecule has 0 bridgehead atoms. The van der Waals surface area contributed by atoms with Crippen molar-refractivity contribution in [2.45, 2.75) is 76.0 Å². The average Bonchev–Trinajstić information content (AvgIpc) is 3.77. The lowest BCUT2D eigenvalue weighted by molar-refractivity contribution is -0.181. The maximum Gasteiger partial charge on any atom is 0.235 e. The molecule has 1 aromatic carbocycles. The highest BCUT2D eigenvalue weighted by Gasteiger charge is 2.69. The van der Waals surface area contributed by atoms with E-state index < -0.39 is 64.4 Å². The van der Waals surface area contributed by atoms with Crippen molar-refractivity contribution >= 4 is 40.6 Å². The molecule has 4 fully saturated rings. The van der Waals surface area contributed by atoms with Gasteiger partial charge in [0, 0.05) is 30.6 Å². The van der Waals surface area contributed by atoms with E-state index in [1.807, 2.05) is 0 Å². The lowest BCUT2D eigenvalue weighted by atomic mass is 9.52.